The van der Waals surface area contributed by atoms with Crippen molar-refractivity contribution in [2.45, 2.75) is 20.0 Å². The lowest BCUT2D eigenvalue weighted by atomic mass is 10.2. The summed E-state index contributed by atoms with van der Waals surface area (Å²) in [7, 11) is 0. The van der Waals surface area contributed by atoms with E-state index in [0.29, 0.717) is 29.9 Å². The standard InChI is InChI=1S/C18H19FN6O3/c1-2-28-18(27)17(26)20-7-8-25-16-14(10-24-25)15(22-11-23-16)21-9-12-3-5-13(19)6-4-12/h3-6,10-11H,2,7-9H2,1H3,(H,20,26)(H,21,22,23). The number of esters is 1. The SMILES string of the molecule is CCOC(=O)C(=O)NCCn1ncc2c(NCc3ccc(F)cc3)ncnc21. The average Bonchev–Trinajstić information content (AvgIpc) is 3.11. The Morgan fingerprint density at radius 1 is 1.21 bits per heavy atom. The molecule has 3 rings (SSSR count). The van der Waals surface area contributed by atoms with Crippen molar-refractivity contribution in [2.24, 2.45) is 0 Å². The lowest BCUT2D eigenvalue weighted by Crippen LogP contribution is -2.34. The molecule has 146 valence electrons. The smallest absolute Gasteiger partial charge is 0.396 e. The van der Waals surface area contributed by atoms with Gasteiger partial charge >= 0.3 is 11.9 Å². The molecule has 0 aliphatic rings. The van der Waals surface area contributed by atoms with Gasteiger partial charge in [-0.3, -0.25) is 4.79 Å². The maximum Gasteiger partial charge on any atom is 0.396 e. The zero-order valence-corrected chi connectivity index (χ0v) is 15.2. The topological polar surface area (TPSA) is 111 Å². The molecule has 0 aliphatic carbocycles. The summed E-state index contributed by atoms with van der Waals surface area (Å²) in [4.78, 5) is 31.3. The quantitative estimate of drug-likeness (QED) is 0.464. The molecule has 0 spiro atoms. The molecule has 2 heterocycles. The number of aromatic nitrogens is 4. The molecule has 0 atom stereocenters. The summed E-state index contributed by atoms with van der Waals surface area (Å²) in [5.74, 6) is -1.40. The van der Waals surface area contributed by atoms with Crippen LogP contribution in [0.15, 0.2) is 36.8 Å². The summed E-state index contributed by atoms with van der Waals surface area (Å²) in [6.07, 6.45) is 3.03. The Labute approximate surface area is 159 Å². The molecule has 2 aromatic heterocycles. The Morgan fingerprint density at radius 3 is 2.75 bits per heavy atom. The van der Waals surface area contributed by atoms with Crippen molar-refractivity contribution in [3.8, 4) is 0 Å². The minimum atomic E-state index is -0.914. The highest BCUT2D eigenvalue weighted by Gasteiger charge is 2.14. The molecule has 9 nitrogen and oxygen atoms in total. The van der Waals surface area contributed by atoms with E-state index in [1.807, 2.05) is 0 Å². The second kappa shape index (κ2) is 8.89. The Bertz CT molecular complexity index is 973. The molecule has 0 bridgehead atoms. The van der Waals surface area contributed by atoms with Crippen molar-refractivity contribution in [1.82, 2.24) is 25.1 Å². The number of fused-ring (bicyclic) bond motifs is 1. The lowest BCUT2D eigenvalue weighted by Gasteiger charge is -2.08. The number of ether oxygens (including phenoxy) is 1. The first-order valence-electron chi connectivity index (χ1n) is 8.68. The first-order valence-corrected chi connectivity index (χ1v) is 8.68. The molecule has 0 saturated heterocycles. The van der Waals surface area contributed by atoms with Gasteiger partial charge in [-0.15, -0.1) is 0 Å². The second-order valence-corrected chi connectivity index (χ2v) is 5.78. The third kappa shape index (κ3) is 4.58. The number of carbonyl (C=O) groups excluding carboxylic acids is 2. The summed E-state index contributed by atoms with van der Waals surface area (Å²) in [5.41, 5.74) is 1.49. The van der Waals surface area contributed by atoms with Gasteiger partial charge in [-0.05, 0) is 24.6 Å². The number of anilines is 1. The van der Waals surface area contributed by atoms with Crippen LogP contribution in [-0.2, 0) is 27.4 Å². The summed E-state index contributed by atoms with van der Waals surface area (Å²) in [6.45, 7) is 2.75. The molecule has 0 saturated carbocycles. The van der Waals surface area contributed by atoms with Crippen LogP contribution in [-0.4, -0.2) is 44.8 Å². The monoisotopic (exact) mass is 386 g/mol. The molecule has 1 aromatic carbocycles. The summed E-state index contributed by atoms with van der Waals surface area (Å²) in [6, 6.07) is 6.18. The van der Waals surface area contributed by atoms with Gasteiger partial charge in [0.05, 0.1) is 24.7 Å². The fraction of sp³-hybridized carbons (Fsp3) is 0.278. The van der Waals surface area contributed by atoms with Crippen LogP contribution in [0.4, 0.5) is 10.2 Å². The van der Waals surface area contributed by atoms with Gasteiger partial charge in [0.25, 0.3) is 0 Å². The molecule has 0 radical (unpaired) electrons. The van der Waals surface area contributed by atoms with Crippen LogP contribution in [0.25, 0.3) is 11.0 Å². The molecule has 3 aromatic rings. The number of amides is 1. The van der Waals surface area contributed by atoms with Crippen LogP contribution >= 0.6 is 0 Å². The molecule has 2 N–H and O–H groups in total. The summed E-state index contributed by atoms with van der Waals surface area (Å²) < 4.78 is 19.2. The Morgan fingerprint density at radius 2 is 2.00 bits per heavy atom. The molecular weight excluding hydrogens is 367 g/mol. The maximum atomic E-state index is 13.0. The van der Waals surface area contributed by atoms with E-state index in [-0.39, 0.29) is 19.0 Å². The number of hydrogen-bond donors (Lipinski definition) is 2. The third-order valence-electron chi connectivity index (χ3n) is 3.88. The third-order valence-corrected chi connectivity index (χ3v) is 3.88. The van der Waals surface area contributed by atoms with Crippen molar-refractivity contribution in [1.29, 1.82) is 0 Å². The van der Waals surface area contributed by atoms with E-state index in [9.17, 15) is 14.0 Å². The molecule has 28 heavy (non-hydrogen) atoms. The summed E-state index contributed by atoms with van der Waals surface area (Å²) >= 11 is 0. The predicted octanol–water partition coefficient (Wildman–Crippen LogP) is 1.26. The van der Waals surface area contributed by atoms with E-state index >= 15 is 0 Å². The molecule has 1 amide bonds. The molecule has 10 heteroatoms. The molecule has 0 aliphatic heterocycles. The first-order chi connectivity index (χ1) is 13.6. The predicted molar refractivity (Wildman–Crippen MR) is 98.7 cm³/mol. The van der Waals surface area contributed by atoms with Crippen molar-refractivity contribution in [2.75, 3.05) is 18.5 Å². The van der Waals surface area contributed by atoms with E-state index in [1.165, 1.54) is 18.5 Å². The highest BCUT2D eigenvalue weighted by molar-refractivity contribution is 6.32. The number of rotatable bonds is 7. The average molecular weight is 386 g/mol. The van der Waals surface area contributed by atoms with E-state index in [1.54, 1.807) is 29.9 Å². The van der Waals surface area contributed by atoms with E-state index in [2.05, 4.69) is 30.4 Å². The number of halogens is 1. The second-order valence-electron chi connectivity index (χ2n) is 5.78. The van der Waals surface area contributed by atoms with Gasteiger partial charge < -0.3 is 15.4 Å². The number of benzene rings is 1. The lowest BCUT2D eigenvalue weighted by molar-refractivity contribution is -0.154. The summed E-state index contributed by atoms with van der Waals surface area (Å²) in [5, 5.41) is 10.6. The first kappa shape index (κ1) is 19.2. The zero-order chi connectivity index (χ0) is 19.9. The van der Waals surface area contributed by atoms with E-state index in [4.69, 9.17) is 0 Å². The Kier molecular flexibility index (Phi) is 6.10. The Balaban J connectivity index is 1.63. The van der Waals surface area contributed by atoms with Crippen LogP contribution in [0, 0.1) is 5.82 Å². The normalized spacial score (nSPS) is 10.6. The van der Waals surface area contributed by atoms with Gasteiger partial charge in [0, 0.05) is 13.1 Å². The van der Waals surface area contributed by atoms with Gasteiger partial charge in [0.1, 0.15) is 18.0 Å². The van der Waals surface area contributed by atoms with Crippen molar-refractivity contribution in [3.63, 3.8) is 0 Å². The van der Waals surface area contributed by atoms with Crippen LogP contribution < -0.4 is 10.6 Å². The number of carbonyl (C=O) groups is 2. The molecule has 0 unspecified atom stereocenters. The van der Waals surface area contributed by atoms with Crippen LogP contribution in [0.5, 0.6) is 0 Å². The zero-order valence-electron chi connectivity index (χ0n) is 15.2. The maximum absolute atomic E-state index is 13.0. The minimum absolute atomic E-state index is 0.140. The van der Waals surface area contributed by atoms with E-state index in [0.717, 1.165) is 5.56 Å². The Hall–Kier alpha value is -3.56. The van der Waals surface area contributed by atoms with Gasteiger partial charge in [-0.1, -0.05) is 12.1 Å². The molecular formula is C18H19FN6O3. The fourth-order valence-electron chi connectivity index (χ4n) is 2.53. The van der Waals surface area contributed by atoms with Crippen molar-refractivity contribution in [3.05, 3.63) is 48.2 Å². The van der Waals surface area contributed by atoms with Gasteiger partial charge in [0.2, 0.25) is 0 Å². The number of nitrogens with zero attached hydrogens (tertiary/aromatic N) is 4. The van der Waals surface area contributed by atoms with Gasteiger partial charge in [0.15, 0.2) is 5.65 Å². The fourth-order valence-corrected chi connectivity index (χ4v) is 2.53. The largest absolute Gasteiger partial charge is 0.459 e. The number of nitrogens with one attached hydrogen (secondary N) is 2. The van der Waals surface area contributed by atoms with Crippen LogP contribution in [0.2, 0.25) is 0 Å². The molecule has 0 fully saturated rings. The minimum Gasteiger partial charge on any atom is -0.459 e. The van der Waals surface area contributed by atoms with Crippen LogP contribution in [0.1, 0.15) is 12.5 Å². The van der Waals surface area contributed by atoms with Gasteiger partial charge in [-0.2, -0.15) is 5.10 Å². The highest BCUT2D eigenvalue weighted by Crippen LogP contribution is 2.19. The highest BCUT2D eigenvalue weighted by atomic mass is 19.1. The van der Waals surface area contributed by atoms with E-state index < -0.39 is 11.9 Å². The van der Waals surface area contributed by atoms with Gasteiger partial charge in [-0.25, -0.2) is 23.8 Å². The van der Waals surface area contributed by atoms with Crippen molar-refractivity contribution >= 4 is 28.7 Å². The van der Waals surface area contributed by atoms with Crippen molar-refractivity contribution < 1.29 is 18.7 Å². The van der Waals surface area contributed by atoms with Crippen LogP contribution in [0.3, 0.4) is 0 Å². The number of hydrogen-bond acceptors (Lipinski definition) is 7.